The molecule has 3 nitrogen and oxygen atoms in total. The maximum atomic E-state index is 5.67. The van der Waals surface area contributed by atoms with Crippen molar-refractivity contribution in [2.24, 2.45) is 0 Å². The Bertz CT molecular complexity index is 238. The molecule has 0 amide bonds. The first-order valence-electron chi connectivity index (χ1n) is 4.28. The molecule has 0 unspecified atom stereocenters. The van der Waals surface area contributed by atoms with Gasteiger partial charge in [0.2, 0.25) is 5.88 Å². The second kappa shape index (κ2) is 5.78. The summed E-state index contributed by atoms with van der Waals surface area (Å²) in [5.74, 6) is 0.613. The van der Waals surface area contributed by atoms with Gasteiger partial charge >= 0.3 is 0 Å². The van der Waals surface area contributed by atoms with Gasteiger partial charge in [0.25, 0.3) is 0 Å². The van der Waals surface area contributed by atoms with Crippen LogP contribution in [0.5, 0.6) is 5.88 Å². The van der Waals surface area contributed by atoms with Crippen LogP contribution >= 0.6 is 11.6 Å². The van der Waals surface area contributed by atoms with E-state index in [1.807, 2.05) is 0 Å². The van der Waals surface area contributed by atoms with E-state index in [2.05, 4.69) is 17.2 Å². The van der Waals surface area contributed by atoms with Gasteiger partial charge in [-0.15, -0.1) is 0 Å². The van der Waals surface area contributed by atoms with E-state index in [-0.39, 0.29) is 0 Å². The molecular weight excluding hydrogens is 188 g/mol. The topological polar surface area (TPSA) is 34.1 Å². The van der Waals surface area contributed by atoms with Gasteiger partial charge in [-0.1, -0.05) is 18.5 Å². The molecule has 1 N–H and O–H groups in total. The van der Waals surface area contributed by atoms with E-state index in [1.54, 1.807) is 18.3 Å². The molecule has 72 valence electrons. The molecule has 4 heteroatoms. The Morgan fingerprint density at radius 2 is 2.38 bits per heavy atom. The average molecular weight is 201 g/mol. The molecule has 0 saturated carbocycles. The van der Waals surface area contributed by atoms with Crippen molar-refractivity contribution >= 4 is 11.6 Å². The van der Waals surface area contributed by atoms with Crippen LogP contribution in [-0.4, -0.2) is 24.7 Å². The summed E-state index contributed by atoms with van der Waals surface area (Å²) in [7, 11) is 0. The van der Waals surface area contributed by atoms with Crippen molar-refractivity contribution in [2.45, 2.75) is 6.92 Å². The largest absolute Gasteiger partial charge is 0.476 e. The van der Waals surface area contributed by atoms with Gasteiger partial charge in [-0.25, -0.2) is 4.98 Å². The van der Waals surface area contributed by atoms with E-state index in [4.69, 9.17) is 16.3 Å². The molecule has 0 bridgehead atoms. The van der Waals surface area contributed by atoms with Gasteiger partial charge in [0, 0.05) is 18.8 Å². The van der Waals surface area contributed by atoms with Crippen LogP contribution in [-0.2, 0) is 0 Å². The van der Waals surface area contributed by atoms with Crippen molar-refractivity contribution in [2.75, 3.05) is 19.7 Å². The van der Waals surface area contributed by atoms with Crippen molar-refractivity contribution in [3.8, 4) is 5.88 Å². The Kier molecular flexibility index (Phi) is 4.57. The third-order valence-electron chi connectivity index (χ3n) is 1.48. The molecule has 0 radical (unpaired) electrons. The van der Waals surface area contributed by atoms with E-state index in [0.717, 1.165) is 13.1 Å². The third-order valence-corrected chi connectivity index (χ3v) is 1.70. The molecular formula is C9H13ClN2O. The summed E-state index contributed by atoms with van der Waals surface area (Å²) in [6.07, 6.45) is 1.57. The molecule has 0 aliphatic heterocycles. The number of halogens is 1. The Hall–Kier alpha value is -0.800. The molecule has 1 aromatic rings. The monoisotopic (exact) mass is 200 g/mol. The van der Waals surface area contributed by atoms with Crippen molar-refractivity contribution in [3.05, 3.63) is 23.4 Å². The summed E-state index contributed by atoms with van der Waals surface area (Å²) in [6, 6.07) is 3.52. The van der Waals surface area contributed by atoms with Crippen molar-refractivity contribution < 1.29 is 4.74 Å². The lowest BCUT2D eigenvalue weighted by molar-refractivity contribution is 0.304. The molecule has 0 aliphatic rings. The predicted octanol–water partition coefficient (Wildman–Crippen LogP) is 1.72. The zero-order valence-corrected chi connectivity index (χ0v) is 8.34. The van der Waals surface area contributed by atoms with Crippen LogP contribution in [0.2, 0.25) is 5.02 Å². The first-order valence-corrected chi connectivity index (χ1v) is 4.66. The highest BCUT2D eigenvalue weighted by Gasteiger charge is 1.93. The lowest BCUT2D eigenvalue weighted by Crippen LogP contribution is -2.20. The Morgan fingerprint density at radius 3 is 3.00 bits per heavy atom. The van der Waals surface area contributed by atoms with Gasteiger partial charge in [0.1, 0.15) is 6.61 Å². The third kappa shape index (κ3) is 4.10. The number of hydrogen-bond donors (Lipinski definition) is 1. The molecule has 0 spiro atoms. The van der Waals surface area contributed by atoms with Gasteiger partial charge in [-0.05, 0) is 12.6 Å². The van der Waals surface area contributed by atoms with E-state index in [0.29, 0.717) is 17.5 Å². The normalized spacial score (nSPS) is 10.0. The summed E-state index contributed by atoms with van der Waals surface area (Å²) in [6.45, 7) is 4.47. The molecule has 13 heavy (non-hydrogen) atoms. The molecule has 1 aromatic heterocycles. The van der Waals surface area contributed by atoms with Crippen molar-refractivity contribution in [1.82, 2.24) is 10.3 Å². The number of ether oxygens (including phenoxy) is 1. The number of pyridine rings is 1. The molecule has 1 heterocycles. The maximum absolute atomic E-state index is 5.67. The van der Waals surface area contributed by atoms with Crippen LogP contribution < -0.4 is 10.1 Å². The molecule has 0 saturated heterocycles. The number of rotatable bonds is 5. The summed E-state index contributed by atoms with van der Waals surface area (Å²) in [5.41, 5.74) is 0. The summed E-state index contributed by atoms with van der Waals surface area (Å²) in [5, 5.41) is 3.78. The van der Waals surface area contributed by atoms with Crippen LogP contribution in [0.25, 0.3) is 0 Å². The summed E-state index contributed by atoms with van der Waals surface area (Å²) in [4.78, 5) is 3.99. The first-order chi connectivity index (χ1) is 6.33. The predicted molar refractivity (Wildman–Crippen MR) is 53.3 cm³/mol. The highest BCUT2D eigenvalue weighted by Crippen LogP contribution is 2.10. The second-order valence-electron chi connectivity index (χ2n) is 2.52. The number of likely N-dealkylation sites (N-methyl/N-ethyl adjacent to an activating group) is 1. The van der Waals surface area contributed by atoms with Gasteiger partial charge < -0.3 is 10.1 Å². The minimum atomic E-state index is 0.613. The van der Waals surface area contributed by atoms with Crippen LogP contribution in [0.1, 0.15) is 6.92 Å². The van der Waals surface area contributed by atoms with E-state index in [1.165, 1.54) is 0 Å². The lowest BCUT2D eigenvalue weighted by Gasteiger charge is -2.04. The summed E-state index contributed by atoms with van der Waals surface area (Å²) >= 11 is 5.67. The Balaban J connectivity index is 2.25. The maximum Gasteiger partial charge on any atom is 0.213 e. The number of nitrogens with zero attached hydrogens (tertiary/aromatic N) is 1. The van der Waals surface area contributed by atoms with Gasteiger partial charge in [-0.3, -0.25) is 0 Å². The lowest BCUT2D eigenvalue weighted by atomic mass is 10.5. The molecule has 0 aromatic carbocycles. The minimum Gasteiger partial charge on any atom is -0.476 e. The summed E-state index contributed by atoms with van der Waals surface area (Å²) < 4.78 is 5.33. The molecule has 1 rings (SSSR count). The molecule has 0 aliphatic carbocycles. The standard InChI is InChI=1S/C9H13ClN2O/c1-2-11-5-6-13-9-4-3-8(10)7-12-9/h3-4,7,11H,2,5-6H2,1H3. The van der Waals surface area contributed by atoms with E-state index >= 15 is 0 Å². The quantitative estimate of drug-likeness (QED) is 0.736. The Morgan fingerprint density at radius 1 is 1.54 bits per heavy atom. The molecule has 0 atom stereocenters. The van der Waals surface area contributed by atoms with Crippen LogP contribution in [0.3, 0.4) is 0 Å². The van der Waals surface area contributed by atoms with Crippen LogP contribution in [0.15, 0.2) is 18.3 Å². The van der Waals surface area contributed by atoms with E-state index < -0.39 is 0 Å². The zero-order chi connectivity index (χ0) is 9.52. The zero-order valence-electron chi connectivity index (χ0n) is 7.59. The van der Waals surface area contributed by atoms with Crippen molar-refractivity contribution in [1.29, 1.82) is 0 Å². The van der Waals surface area contributed by atoms with Crippen LogP contribution in [0.4, 0.5) is 0 Å². The fraction of sp³-hybridized carbons (Fsp3) is 0.444. The van der Waals surface area contributed by atoms with Gasteiger partial charge in [0.05, 0.1) is 5.02 Å². The SMILES string of the molecule is CCNCCOc1ccc(Cl)cn1. The fourth-order valence-electron chi connectivity index (χ4n) is 0.852. The molecule has 0 fully saturated rings. The second-order valence-corrected chi connectivity index (χ2v) is 2.95. The number of nitrogens with one attached hydrogen (secondary N) is 1. The average Bonchev–Trinajstić information content (AvgIpc) is 2.15. The Labute approximate surface area is 83.1 Å². The highest BCUT2D eigenvalue weighted by atomic mass is 35.5. The first kappa shape index (κ1) is 10.3. The number of aromatic nitrogens is 1. The van der Waals surface area contributed by atoms with Gasteiger partial charge in [0.15, 0.2) is 0 Å². The van der Waals surface area contributed by atoms with Gasteiger partial charge in [-0.2, -0.15) is 0 Å². The van der Waals surface area contributed by atoms with Crippen molar-refractivity contribution in [3.63, 3.8) is 0 Å². The van der Waals surface area contributed by atoms with Crippen LogP contribution in [0, 0.1) is 0 Å². The van der Waals surface area contributed by atoms with E-state index in [9.17, 15) is 0 Å². The number of hydrogen-bond acceptors (Lipinski definition) is 3. The smallest absolute Gasteiger partial charge is 0.213 e. The minimum absolute atomic E-state index is 0.613. The fourth-order valence-corrected chi connectivity index (χ4v) is 0.964. The highest BCUT2D eigenvalue weighted by molar-refractivity contribution is 6.30.